The van der Waals surface area contributed by atoms with Crippen LogP contribution in [0.3, 0.4) is 0 Å². The molecule has 0 saturated heterocycles. The molecule has 2 nitrogen and oxygen atoms in total. The molecule has 0 spiro atoms. The van der Waals surface area contributed by atoms with Crippen LogP contribution in [0.4, 0.5) is 0 Å². The average molecular weight is 268 g/mol. The summed E-state index contributed by atoms with van der Waals surface area (Å²) in [5, 5.41) is 0.812. The molecule has 0 atom stereocenters. The Labute approximate surface area is 114 Å². The molecule has 0 aliphatic carbocycles. The van der Waals surface area contributed by atoms with Crippen molar-refractivity contribution in [1.29, 1.82) is 0 Å². The smallest absolute Gasteiger partial charge is 0.125 e. The molecule has 2 N–H and O–H groups in total. The zero-order valence-corrected chi connectivity index (χ0v) is 12.0. The number of rotatable bonds is 5. The average Bonchev–Trinajstić information content (AvgIpc) is 2.84. The lowest BCUT2D eigenvalue weighted by atomic mass is 9.76. The van der Waals surface area contributed by atoms with E-state index in [0.717, 1.165) is 43.1 Å². The summed E-state index contributed by atoms with van der Waals surface area (Å²) in [6.45, 7) is 5.90. The van der Waals surface area contributed by atoms with E-state index in [1.807, 2.05) is 12.1 Å². The highest BCUT2D eigenvalue weighted by atomic mass is 35.5. The van der Waals surface area contributed by atoms with Gasteiger partial charge in [0.1, 0.15) is 5.75 Å². The van der Waals surface area contributed by atoms with Gasteiger partial charge in [0.25, 0.3) is 0 Å². The minimum Gasteiger partial charge on any atom is -0.493 e. The van der Waals surface area contributed by atoms with Crippen molar-refractivity contribution in [1.82, 2.24) is 0 Å². The maximum atomic E-state index is 6.20. The second-order valence-electron chi connectivity index (χ2n) is 5.24. The van der Waals surface area contributed by atoms with Crippen LogP contribution in [0.2, 0.25) is 5.02 Å². The van der Waals surface area contributed by atoms with Crippen LogP contribution in [0.1, 0.15) is 37.8 Å². The Balaban J connectivity index is 2.34. The fourth-order valence-corrected chi connectivity index (χ4v) is 3.01. The number of benzene rings is 1. The molecule has 1 aromatic carbocycles. The third-order valence-corrected chi connectivity index (χ3v) is 4.54. The van der Waals surface area contributed by atoms with E-state index in [9.17, 15) is 0 Å². The summed E-state index contributed by atoms with van der Waals surface area (Å²) in [6, 6.07) is 4.07. The molecule has 0 amide bonds. The van der Waals surface area contributed by atoms with Gasteiger partial charge in [0.15, 0.2) is 0 Å². The highest BCUT2D eigenvalue weighted by molar-refractivity contribution is 6.30. The van der Waals surface area contributed by atoms with Crippen LogP contribution in [0, 0.1) is 5.41 Å². The number of fused-ring (bicyclic) bond motifs is 1. The summed E-state index contributed by atoms with van der Waals surface area (Å²) >= 11 is 6.20. The van der Waals surface area contributed by atoms with Crippen LogP contribution in [-0.4, -0.2) is 13.2 Å². The number of nitrogens with two attached hydrogens (primary N) is 1. The molecule has 1 heterocycles. The highest BCUT2D eigenvalue weighted by Gasteiger charge is 2.28. The molecule has 0 unspecified atom stereocenters. The van der Waals surface area contributed by atoms with Gasteiger partial charge in [-0.1, -0.05) is 25.4 Å². The number of hydrogen-bond acceptors (Lipinski definition) is 2. The standard InChI is InChI=1S/C15H22ClNO/c1-3-15(4-2,10-17)9-12-8-13(16)7-11-5-6-18-14(11)12/h7-8H,3-6,9-10,17H2,1-2H3. The Kier molecular flexibility index (Phi) is 4.18. The van der Waals surface area contributed by atoms with Gasteiger partial charge in [-0.3, -0.25) is 0 Å². The lowest BCUT2D eigenvalue weighted by Crippen LogP contribution is -2.31. The minimum absolute atomic E-state index is 0.171. The molecular weight excluding hydrogens is 246 g/mol. The summed E-state index contributed by atoms with van der Waals surface area (Å²) in [5.74, 6) is 1.05. The Morgan fingerprint density at radius 3 is 2.67 bits per heavy atom. The number of halogens is 1. The third-order valence-electron chi connectivity index (χ3n) is 4.32. The van der Waals surface area contributed by atoms with Gasteiger partial charge in [0.05, 0.1) is 6.61 Å². The molecule has 1 aliphatic rings. The van der Waals surface area contributed by atoms with Crippen molar-refractivity contribution in [3.63, 3.8) is 0 Å². The Morgan fingerprint density at radius 1 is 1.33 bits per heavy atom. The summed E-state index contributed by atoms with van der Waals surface area (Å²) in [5.41, 5.74) is 8.63. The third kappa shape index (κ3) is 2.50. The molecule has 0 aromatic heterocycles. The Bertz CT molecular complexity index is 418. The van der Waals surface area contributed by atoms with Crippen LogP contribution < -0.4 is 10.5 Å². The van der Waals surface area contributed by atoms with Crippen LogP contribution in [0.15, 0.2) is 12.1 Å². The first-order valence-electron chi connectivity index (χ1n) is 6.78. The summed E-state index contributed by atoms with van der Waals surface area (Å²) in [6.07, 6.45) is 4.10. The zero-order chi connectivity index (χ0) is 13.2. The van der Waals surface area contributed by atoms with E-state index in [0.29, 0.717) is 6.54 Å². The van der Waals surface area contributed by atoms with Gasteiger partial charge < -0.3 is 10.5 Å². The number of hydrogen-bond donors (Lipinski definition) is 1. The summed E-state index contributed by atoms with van der Waals surface area (Å²) < 4.78 is 5.76. The van der Waals surface area contributed by atoms with E-state index in [2.05, 4.69) is 13.8 Å². The lowest BCUT2D eigenvalue weighted by molar-refractivity contribution is 0.265. The van der Waals surface area contributed by atoms with Crippen molar-refractivity contribution in [2.45, 2.75) is 39.5 Å². The summed E-state index contributed by atoms with van der Waals surface area (Å²) in [7, 11) is 0. The van der Waals surface area contributed by atoms with Gasteiger partial charge >= 0.3 is 0 Å². The van der Waals surface area contributed by atoms with E-state index < -0.39 is 0 Å². The SMILES string of the molecule is CCC(CC)(CN)Cc1cc(Cl)cc2c1OCC2. The van der Waals surface area contributed by atoms with Gasteiger partial charge in [-0.2, -0.15) is 0 Å². The van der Waals surface area contributed by atoms with Gasteiger partial charge in [0.2, 0.25) is 0 Å². The quantitative estimate of drug-likeness (QED) is 0.885. The second-order valence-corrected chi connectivity index (χ2v) is 5.68. The van der Waals surface area contributed by atoms with E-state index in [1.165, 1.54) is 11.1 Å². The fraction of sp³-hybridized carbons (Fsp3) is 0.600. The van der Waals surface area contributed by atoms with E-state index in [1.54, 1.807) is 0 Å². The molecule has 2 rings (SSSR count). The van der Waals surface area contributed by atoms with Crippen molar-refractivity contribution >= 4 is 11.6 Å². The summed E-state index contributed by atoms with van der Waals surface area (Å²) in [4.78, 5) is 0. The second kappa shape index (κ2) is 5.50. The van der Waals surface area contributed by atoms with Crippen LogP contribution in [0.25, 0.3) is 0 Å². The van der Waals surface area contributed by atoms with Crippen LogP contribution in [-0.2, 0) is 12.8 Å². The van der Waals surface area contributed by atoms with Gasteiger partial charge in [-0.15, -0.1) is 0 Å². The molecule has 18 heavy (non-hydrogen) atoms. The van der Waals surface area contributed by atoms with Crippen molar-refractivity contribution in [3.8, 4) is 5.75 Å². The molecular formula is C15H22ClNO. The van der Waals surface area contributed by atoms with E-state index in [4.69, 9.17) is 22.1 Å². The molecule has 0 bridgehead atoms. The molecule has 3 heteroatoms. The van der Waals surface area contributed by atoms with Crippen molar-refractivity contribution in [3.05, 3.63) is 28.3 Å². The zero-order valence-electron chi connectivity index (χ0n) is 11.3. The lowest BCUT2D eigenvalue weighted by Gasteiger charge is -2.31. The molecule has 1 aliphatic heterocycles. The fourth-order valence-electron chi connectivity index (χ4n) is 2.74. The molecule has 0 saturated carbocycles. The van der Waals surface area contributed by atoms with Gasteiger partial charge in [-0.05, 0) is 54.5 Å². The monoisotopic (exact) mass is 267 g/mol. The first-order chi connectivity index (χ1) is 8.64. The molecule has 0 radical (unpaired) electrons. The van der Waals surface area contributed by atoms with Crippen LogP contribution >= 0.6 is 11.6 Å². The van der Waals surface area contributed by atoms with Crippen molar-refractivity contribution in [2.75, 3.05) is 13.2 Å². The van der Waals surface area contributed by atoms with Crippen molar-refractivity contribution < 1.29 is 4.74 Å². The first kappa shape index (κ1) is 13.7. The first-order valence-corrected chi connectivity index (χ1v) is 7.16. The number of ether oxygens (including phenoxy) is 1. The van der Waals surface area contributed by atoms with E-state index in [-0.39, 0.29) is 5.41 Å². The Morgan fingerprint density at radius 2 is 2.06 bits per heavy atom. The topological polar surface area (TPSA) is 35.2 Å². The highest BCUT2D eigenvalue weighted by Crippen LogP contribution is 2.38. The largest absolute Gasteiger partial charge is 0.493 e. The van der Waals surface area contributed by atoms with Gasteiger partial charge in [-0.25, -0.2) is 0 Å². The van der Waals surface area contributed by atoms with Gasteiger partial charge in [0, 0.05) is 11.4 Å². The predicted molar refractivity (Wildman–Crippen MR) is 76.4 cm³/mol. The maximum Gasteiger partial charge on any atom is 0.125 e. The predicted octanol–water partition coefficient (Wildman–Crippen LogP) is 3.58. The maximum absolute atomic E-state index is 6.20. The van der Waals surface area contributed by atoms with Crippen molar-refractivity contribution in [2.24, 2.45) is 11.1 Å². The molecule has 0 fully saturated rings. The van der Waals surface area contributed by atoms with Crippen LogP contribution in [0.5, 0.6) is 5.75 Å². The normalized spacial score (nSPS) is 14.4. The molecule has 1 aromatic rings. The minimum atomic E-state index is 0.171. The van der Waals surface area contributed by atoms with E-state index >= 15 is 0 Å². The Hall–Kier alpha value is -0.730. The molecule has 100 valence electrons.